The van der Waals surface area contributed by atoms with Crippen molar-refractivity contribution in [3.8, 4) is 6.07 Å². The smallest absolute Gasteiger partial charge is 0.0624 e. The van der Waals surface area contributed by atoms with E-state index in [1.807, 2.05) is 0 Å². The van der Waals surface area contributed by atoms with E-state index in [1.54, 1.807) is 0 Å². The zero-order valence-corrected chi connectivity index (χ0v) is 15.8. The molecule has 0 saturated heterocycles. The van der Waals surface area contributed by atoms with Crippen LogP contribution in [0.15, 0.2) is 0 Å². The monoisotopic (exact) mass is 331 g/mol. The molecule has 0 N–H and O–H groups in total. The third-order valence-corrected chi connectivity index (χ3v) is 7.67. The molecule has 0 radical (unpaired) electrons. The second kappa shape index (κ2) is 8.22. The first kappa shape index (κ1) is 18.2. The molecule has 2 bridgehead atoms. The quantitative estimate of drug-likeness (QED) is 0.482. The van der Waals surface area contributed by atoms with Gasteiger partial charge >= 0.3 is 0 Å². The van der Waals surface area contributed by atoms with Crippen molar-refractivity contribution in [1.29, 1.82) is 5.26 Å². The topological polar surface area (TPSA) is 33.0 Å². The molecule has 0 atom stereocenters. The Labute approximate surface area is 149 Å². The minimum absolute atomic E-state index is 0.479. The molecule has 0 heterocycles. The van der Waals surface area contributed by atoms with Gasteiger partial charge in [0.15, 0.2) is 0 Å². The molecule has 0 amide bonds. The van der Waals surface area contributed by atoms with E-state index in [2.05, 4.69) is 13.0 Å². The average molecular weight is 332 g/mol. The third kappa shape index (κ3) is 4.34. The van der Waals surface area contributed by atoms with Crippen molar-refractivity contribution < 1.29 is 4.74 Å². The fourth-order valence-electron chi connectivity index (χ4n) is 5.61. The van der Waals surface area contributed by atoms with Gasteiger partial charge in [-0.1, -0.05) is 26.2 Å². The first-order chi connectivity index (χ1) is 11.7. The van der Waals surface area contributed by atoms with E-state index in [9.17, 15) is 0 Å². The number of rotatable bonds is 8. The van der Waals surface area contributed by atoms with Crippen molar-refractivity contribution in [3.05, 3.63) is 0 Å². The van der Waals surface area contributed by atoms with Crippen LogP contribution in [0.2, 0.25) is 0 Å². The van der Waals surface area contributed by atoms with Crippen LogP contribution in [0.3, 0.4) is 0 Å². The third-order valence-electron chi connectivity index (χ3n) is 7.67. The molecule has 24 heavy (non-hydrogen) atoms. The molecule has 0 aromatic carbocycles. The van der Waals surface area contributed by atoms with Gasteiger partial charge in [-0.15, -0.1) is 0 Å². The minimum Gasteiger partial charge on any atom is -0.378 e. The van der Waals surface area contributed by atoms with Crippen LogP contribution < -0.4 is 0 Å². The number of unbranched alkanes of at least 4 members (excludes halogenated alkanes) is 2. The second-order valence-electron chi connectivity index (χ2n) is 9.27. The van der Waals surface area contributed by atoms with Gasteiger partial charge in [0, 0.05) is 6.42 Å². The summed E-state index contributed by atoms with van der Waals surface area (Å²) in [5, 5.41) is 8.84. The van der Waals surface area contributed by atoms with Gasteiger partial charge < -0.3 is 4.74 Å². The van der Waals surface area contributed by atoms with Crippen LogP contribution in [0.5, 0.6) is 0 Å². The van der Waals surface area contributed by atoms with E-state index in [1.165, 1.54) is 89.9 Å². The van der Waals surface area contributed by atoms with Crippen LogP contribution >= 0.6 is 0 Å². The van der Waals surface area contributed by atoms with Crippen molar-refractivity contribution in [2.24, 2.45) is 16.7 Å². The van der Waals surface area contributed by atoms with Gasteiger partial charge in [-0.25, -0.2) is 0 Å². The Morgan fingerprint density at radius 2 is 1.54 bits per heavy atom. The summed E-state index contributed by atoms with van der Waals surface area (Å²) in [6.07, 6.45) is 20.4. The zero-order chi connectivity index (χ0) is 16.9. The molecule has 4 rings (SSSR count). The second-order valence-corrected chi connectivity index (χ2v) is 9.27. The van der Waals surface area contributed by atoms with E-state index in [-0.39, 0.29) is 0 Å². The number of fused-ring (bicyclic) bond motifs is 3. The zero-order valence-electron chi connectivity index (χ0n) is 15.8. The van der Waals surface area contributed by atoms with Crippen molar-refractivity contribution in [3.63, 3.8) is 0 Å². The molecule has 0 aromatic heterocycles. The van der Waals surface area contributed by atoms with Crippen LogP contribution in [-0.2, 0) is 4.74 Å². The fourth-order valence-corrected chi connectivity index (χ4v) is 5.61. The minimum atomic E-state index is 0.479. The lowest BCUT2D eigenvalue weighted by molar-refractivity contribution is -0.0947. The highest BCUT2D eigenvalue weighted by Gasteiger charge is 2.48. The SMILES string of the molecule is CCCCCC12CCC(CO[C@H]3CC[C@H](CC#N)CC3)(CC1)CC2. The molecule has 2 nitrogen and oxygen atoms in total. The van der Waals surface area contributed by atoms with Gasteiger partial charge in [0.1, 0.15) is 0 Å². The lowest BCUT2D eigenvalue weighted by Gasteiger charge is -2.54. The van der Waals surface area contributed by atoms with E-state index >= 15 is 0 Å². The molecular weight excluding hydrogens is 294 g/mol. The number of ether oxygens (including phenoxy) is 1. The Morgan fingerprint density at radius 3 is 2.12 bits per heavy atom. The molecule has 0 spiro atoms. The van der Waals surface area contributed by atoms with Crippen molar-refractivity contribution in [2.75, 3.05) is 6.61 Å². The first-order valence-corrected chi connectivity index (χ1v) is 10.7. The summed E-state index contributed by atoms with van der Waals surface area (Å²) in [4.78, 5) is 0. The first-order valence-electron chi connectivity index (χ1n) is 10.7. The summed E-state index contributed by atoms with van der Waals surface area (Å²) in [6, 6.07) is 2.34. The number of nitriles is 1. The van der Waals surface area contributed by atoms with Crippen LogP contribution in [0.1, 0.15) is 103 Å². The average Bonchev–Trinajstić information content (AvgIpc) is 2.63. The van der Waals surface area contributed by atoms with Crippen LogP contribution in [0.4, 0.5) is 0 Å². The highest BCUT2D eigenvalue weighted by atomic mass is 16.5. The fraction of sp³-hybridized carbons (Fsp3) is 0.955. The predicted octanol–water partition coefficient (Wildman–Crippen LogP) is 6.40. The highest BCUT2D eigenvalue weighted by molar-refractivity contribution is 4.99. The molecule has 4 aliphatic carbocycles. The number of nitrogens with zero attached hydrogens (tertiary/aromatic N) is 1. The summed E-state index contributed by atoms with van der Waals surface area (Å²) in [6.45, 7) is 3.33. The van der Waals surface area contributed by atoms with Gasteiger partial charge in [0.05, 0.1) is 18.8 Å². The standard InChI is InChI=1S/C22H37NO/c1-2-3-4-10-21-11-14-22(15-12-21,16-13-21)18-24-20-7-5-19(6-8-20)9-17-23/h19-20H,2-16,18H2,1H3/t19-,20-,21?,22?. The Hall–Kier alpha value is -0.550. The van der Waals surface area contributed by atoms with Gasteiger partial charge in [-0.3, -0.25) is 0 Å². The van der Waals surface area contributed by atoms with Gasteiger partial charge in [0.2, 0.25) is 0 Å². The van der Waals surface area contributed by atoms with Crippen LogP contribution in [0.25, 0.3) is 0 Å². The molecular formula is C22H37NO. The summed E-state index contributed by atoms with van der Waals surface area (Å²) in [5.74, 6) is 0.640. The van der Waals surface area contributed by atoms with Crippen LogP contribution in [-0.4, -0.2) is 12.7 Å². The largest absolute Gasteiger partial charge is 0.378 e. The maximum Gasteiger partial charge on any atom is 0.0624 e. The molecule has 136 valence electrons. The molecule has 4 aliphatic rings. The normalized spacial score (nSPS) is 38.8. The van der Waals surface area contributed by atoms with E-state index < -0.39 is 0 Å². The molecule has 4 saturated carbocycles. The molecule has 2 heteroatoms. The van der Waals surface area contributed by atoms with E-state index in [4.69, 9.17) is 10.00 Å². The Morgan fingerprint density at radius 1 is 0.917 bits per heavy atom. The Balaban J connectivity index is 1.40. The molecule has 0 aromatic rings. The maximum absolute atomic E-state index is 8.84. The predicted molar refractivity (Wildman–Crippen MR) is 98.6 cm³/mol. The molecule has 0 unspecified atom stereocenters. The lowest BCUT2D eigenvalue weighted by atomic mass is 9.53. The number of hydrogen-bond acceptors (Lipinski definition) is 2. The van der Waals surface area contributed by atoms with Crippen molar-refractivity contribution >= 4 is 0 Å². The van der Waals surface area contributed by atoms with Gasteiger partial charge in [-0.05, 0) is 87.4 Å². The molecule has 4 fully saturated rings. The van der Waals surface area contributed by atoms with Crippen LogP contribution in [0, 0.1) is 28.1 Å². The van der Waals surface area contributed by atoms with E-state index in [0.29, 0.717) is 22.9 Å². The van der Waals surface area contributed by atoms with Gasteiger partial charge in [0.25, 0.3) is 0 Å². The van der Waals surface area contributed by atoms with E-state index in [0.717, 1.165) is 13.0 Å². The van der Waals surface area contributed by atoms with Gasteiger partial charge in [-0.2, -0.15) is 5.26 Å². The van der Waals surface area contributed by atoms with Crippen molar-refractivity contribution in [2.45, 2.75) is 109 Å². The maximum atomic E-state index is 8.84. The summed E-state index contributed by atoms with van der Waals surface area (Å²) < 4.78 is 6.42. The highest BCUT2D eigenvalue weighted by Crippen LogP contribution is 2.59. The lowest BCUT2D eigenvalue weighted by Crippen LogP contribution is -2.44. The Kier molecular flexibility index (Phi) is 6.25. The Bertz CT molecular complexity index is 405. The van der Waals surface area contributed by atoms with Crippen molar-refractivity contribution in [1.82, 2.24) is 0 Å². The summed E-state index contributed by atoms with van der Waals surface area (Å²) >= 11 is 0. The molecule has 0 aliphatic heterocycles. The summed E-state index contributed by atoms with van der Waals surface area (Å²) in [7, 11) is 0. The summed E-state index contributed by atoms with van der Waals surface area (Å²) in [5.41, 5.74) is 1.24. The number of hydrogen-bond donors (Lipinski definition) is 0.